The molecule has 1 amide bonds. The fraction of sp³-hybridized carbons (Fsp3) is 0.107. The smallest absolute Gasteiger partial charge is 0.224 e. The zero-order valence-corrected chi connectivity index (χ0v) is 18.1. The standard InChI is InChI=1S/C28H24N4O/c33-28(15-20-16-30-24-10-4-1-7-21(20)24)29-14-13-19-18-32(26-12-6-3-8-22(19)26)27-17-31-25-11-5-2-9-23(25)27/h1-12,16-18,30-31H,13-15H2,(H,29,33). The van der Waals surface area contributed by atoms with Crippen LogP contribution in [-0.2, 0) is 17.6 Å². The average Bonchev–Trinajstić information content (AvgIpc) is 3.55. The number of nitrogens with one attached hydrogen (secondary N) is 3. The predicted octanol–water partition coefficient (Wildman–Crippen LogP) is 5.49. The van der Waals surface area contributed by atoms with Gasteiger partial charge in [-0.15, -0.1) is 0 Å². The third kappa shape index (κ3) is 3.48. The van der Waals surface area contributed by atoms with E-state index in [1.807, 2.05) is 36.5 Å². The molecule has 5 heteroatoms. The second-order valence-electron chi connectivity index (χ2n) is 8.40. The van der Waals surface area contributed by atoms with E-state index in [-0.39, 0.29) is 5.91 Å². The lowest BCUT2D eigenvalue weighted by molar-refractivity contribution is -0.120. The molecule has 0 radical (unpaired) electrons. The Balaban J connectivity index is 1.21. The van der Waals surface area contributed by atoms with E-state index in [4.69, 9.17) is 0 Å². The number of aromatic nitrogens is 3. The molecule has 0 aliphatic rings. The Morgan fingerprint density at radius 1 is 0.758 bits per heavy atom. The molecule has 0 atom stereocenters. The summed E-state index contributed by atoms with van der Waals surface area (Å²) in [4.78, 5) is 19.2. The highest BCUT2D eigenvalue weighted by Crippen LogP contribution is 2.29. The first-order valence-electron chi connectivity index (χ1n) is 11.2. The van der Waals surface area contributed by atoms with E-state index in [0.717, 1.165) is 34.1 Å². The number of para-hydroxylation sites is 3. The van der Waals surface area contributed by atoms with Crippen LogP contribution in [0.2, 0.25) is 0 Å². The summed E-state index contributed by atoms with van der Waals surface area (Å²) >= 11 is 0. The Hall–Kier alpha value is -4.25. The van der Waals surface area contributed by atoms with Gasteiger partial charge >= 0.3 is 0 Å². The van der Waals surface area contributed by atoms with Crippen molar-refractivity contribution in [3.05, 3.63) is 103 Å². The number of nitrogens with zero attached hydrogens (tertiary/aromatic N) is 1. The SMILES string of the molecule is O=C(Cc1c[nH]c2ccccc12)NCCc1cn(-c2c[nH]c3ccccc23)c2ccccc12. The normalized spacial score (nSPS) is 11.5. The van der Waals surface area contributed by atoms with Crippen LogP contribution in [-0.4, -0.2) is 27.0 Å². The molecular weight excluding hydrogens is 408 g/mol. The van der Waals surface area contributed by atoms with Gasteiger partial charge in [0, 0.05) is 52.3 Å². The Labute approximate surface area is 191 Å². The van der Waals surface area contributed by atoms with Gasteiger partial charge < -0.3 is 19.9 Å². The van der Waals surface area contributed by atoms with Crippen LogP contribution in [0.1, 0.15) is 11.1 Å². The first kappa shape index (κ1) is 19.4. The van der Waals surface area contributed by atoms with Gasteiger partial charge in [0.15, 0.2) is 0 Å². The second kappa shape index (κ2) is 8.02. The van der Waals surface area contributed by atoms with Gasteiger partial charge in [-0.25, -0.2) is 0 Å². The molecule has 6 aromatic rings. The fourth-order valence-electron chi connectivity index (χ4n) is 4.75. The number of amides is 1. The fourth-order valence-corrected chi connectivity index (χ4v) is 4.75. The van der Waals surface area contributed by atoms with Crippen molar-refractivity contribution in [3.63, 3.8) is 0 Å². The molecule has 3 heterocycles. The van der Waals surface area contributed by atoms with Crippen molar-refractivity contribution in [2.45, 2.75) is 12.8 Å². The highest BCUT2D eigenvalue weighted by molar-refractivity contribution is 5.93. The Kier molecular flexibility index (Phi) is 4.73. The number of hydrogen-bond donors (Lipinski definition) is 3. The number of benzene rings is 3. The zero-order valence-electron chi connectivity index (χ0n) is 18.1. The summed E-state index contributed by atoms with van der Waals surface area (Å²) in [6.07, 6.45) is 7.34. The van der Waals surface area contributed by atoms with Crippen molar-refractivity contribution >= 4 is 38.6 Å². The lowest BCUT2D eigenvalue weighted by Crippen LogP contribution is -2.27. The number of H-pyrrole nitrogens is 2. The highest BCUT2D eigenvalue weighted by atomic mass is 16.1. The van der Waals surface area contributed by atoms with E-state index < -0.39 is 0 Å². The first-order valence-corrected chi connectivity index (χ1v) is 11.2. The molecule has 0 unspecified atom stereocenters. The van der Waals surface area contributed by atoms with Crippen molar-refractivity contribution < 1.29 is 4.79 Å². The maximum Gasteiger partial charge on any atom is 0.224 e. The summed E-state index contributed by atoms with van der Waals surface area (Å²) in [5.41, 5.74) is 6.74. The predicted molar refractivity (Wildman–Crippen MR) is 134 cm³/mol. The molecule has 0 aliphatic heterocycles. The van der Waals surface area contributed by atoms with E-state index in [0.29, 0.717) is 13.0 Å². The van der Waals surface area contributed by atoms with Crippen LogP contribution < -0.4 is 5.32 Å². The van der Waals surface area contributed by atoms with Crippen LogP contribution in [0.3, 0.4) is 0 Å². The van der Waals surface area contributed by atoms with Gasteiger partial charge in [0.05, 0.1) is 17.6 Å². The summed E-state index contributed by atoms with van der Waals surface area (Å²) in [6, 6.07) is 24.9. The second-order valence-corrected chi connectivity index (χ2v) is 8.40. The van der Waals surface area contributed by atoms with Crippen LogP contribution in [0.4, 0.5) is 0 Å². The maximum atomic E-state index is 12.6. The summed E-state index contributed by atoms with van der Waals surface area (Å²) in [5.74, 6) is 0.0418. The summed E-state index contributed by atoms with van der Waals surface area (Å²) < 4.78 is 2.25. The first-order chi connectivity index (χ1) is 16.3. The minimum atomic E-state index is 0.0418. The van der Waals surface area contributed by atoms with Crippen molar-refractivity contribution in [1.82, 2.24) is 19.9 Å². The average molecular weight is 433 g/mol. The molecule has 0 saturated carbocycles. The Bertz CT molecular complexity index is 1600. The summed E-state index contributed by atoms with van der Waals surface area (Å²) in [7, 11) is 0. The number of hydrogen-bond acceptors (Lipinski definition) is 1. The lowest BCUT2D eigenvalue weighted by atomic mass is 10.1. The lowest BCUT2D eigenvalue weighted by Gasteiger charge is -2.05. The van der Waals surface area contributed by atoms with Crippen LogP contribution in [0.15, 0.2) is 91.4 Å². The molecule has 6 rings (SSSR count). The molecule has 0 aliphatic carbocycles. The number of aromatic amines is 2. The summed E-state index contributed by atoms with van der Waals surface area (Å²) in [5, 5.41) is 6.62. The molecule has 0 bridgehead atoms. The minimum absolute atomic E-state index is 0.0418. The minimum Gasteiger partial charge on any atom is -0.361 e. The molecule has 3 aromatic carbocycles. The number of fused-ring (bicyclic) bond motifs is 3. The molecule has 162 valence electrons. The monoisotopic (exact) mass is 432 g/mol. The van der Waals surface area contributed by atoms with Crippen LogP contribution >= 0.6 is 0 Å². The summed E-state index contributed by atoms with van der Waals surface area (Å²) in [6.45, 7) is 0.600. The highest BCUT2D eigenvalue weighted by Gasteiger charge is 2.13. The van der Waals surface area contributed by atoms with Gasteiger partial charge in [-0.2, -0.15) is 0 Å². The van der Waals surface area contributed by atoms with Crippen LogP contribution in [0.5, 0.6) is 0 Å². The van der Waals surface area contributed by atoms with Gasteiger partial charge in [-0.1, -0.05) is 54.6 Å². The molecule has 0 fully saturated rings. The Morgan fingerprint density at radius 2 is 1.42 bits per heavy atom. The van der Waals surface area contributed by atoms with Crippen LogP contribution in [0, 0.1) is 0 Å². The quantitative estimate of drug-likeness (QED) is 0.320. The largest absolute Gasteiger partial charge is 0.361 e. The van der Waals surface area contributed by atoms with E-state index in [1.54, 1.807) is 0 Å². The Morgan fingerprint density at radius 3 is 2.27 bits per heavy atom. The van der Waals surface area contributed by atoms with Gasteiger partial charge in [-0.3, -0.25) is 4.79 Å². The van der Waals surface area contributed by atoms with Gasteiger partial charge in [0.25, 0.3) is 0 Å². The molecular formula is C28H24N4O. The van der Waals surface area contributed by atoms with Crippen molar-refractivity contribution in [2.24, 2.45) is 0 Å². The topological polar surface area (TPSA) is 65.6 Å². The molecule has 0 saturated heterocycles. The molecule has 3 N–H and O–H groups in total. The third-order valence-corrected chi connectivity index (χ3v) is 6.36. The molecule has 3 aromatic heterocycles. The van der Waals surface area contributed by atoms with Gasteiger partial charge in [0.2, 0.25) is 5.91 Å². The number of rotatable bonds is 6. The number of carbonyl (C=O) groups is 1. The maximum absolute atomic E-state index is 12.6. The third-order valence-electron chi connectivity index (χ3n) is 6.36. The molecule has 0 spiro atoms. The van der Waals surface area contributed by atoms with E-state index in [2.05, 4.69) is 74.7 Å². The molecule has 5 nitrogen and oxygen atoms in total. The molecule has 33 heavy (non-hydrogen) atoms. The van der Waals surface area contributed by atoms with E-state index >= 15 is 0 Å². The van der Waals surface area contributed by atoms with Gasteiger partial charge in [-0.05, 0) is 35.7 Å². The van der Waals surface area contributed by atoms with E-state index in [1.165, 1.54) is 21.9 Å². The van der Waals surface area contributed by atoms with Crippen molar-refractivity contribution in [2.75, 3.05) is 6.54 Å². The van der Waals surface area contributed by atoms with Crippen molar-refractivity contribution in [3.8, 4) is 5.69 Å². The number of carbonyl (C=O) groups excluding carboxylic acids is 1. The zero-order chi connectivity index (χ0) is 22.2. The van der Waals surface area contributed by atoms with Gasteiger partial charge in [0.1, 0.15) is 0 Å². The van der Waals surface area contributed by atoms with Crippen molar-refractivity contribution in [1.29, 1.82) is 0 Å². The van der Waals surface area contributed by atoms with E-state index in [9.17, 15) is 4.79 Å². The van der Waals surface area contributed by atoms with Crippen LogP contribution in [0.25, 0.3) is 38.4 Å².